The largest absolute Gasteiger partial charge is 0.459 e. The number of furan rings is 1. The van der Waals surface area contributed by atoms with Crippen LogP contribution >= 0.6 is 0 Å². The quantitative estimate of drug-likeness (QED) is 0.717. The summed E-state index contributed by atoms with van der Waals surface area (Å²) in [6.07, 6.45) is 7.70. The molecule has 0 unspecified atom stereocenters. The number of aromatic nitrogens is 2. The highest BCUT2D eigenvalue weighted by Gasteiger charge is 2.30. The van der Waals surface area contributed by atoms with E-state index in [4.69, 9.17) is 9.40 Å². The minimum atomic E-state index is -0.230. The summed E-state index contributed by atoms with van der Waals surface area (Å²) in [4.78, 5) is 32.0. The number of nitrogens with one attached hydrogen (secondary N) is 1. The molecule has 2 aromatic heterocycles. The first kappa shape index (κ1) is 18.9. The molecule has 0 spiro atoms. The maximum absolute atomic E-state index is 12.9. The molecule has 5 rings (SSSR count). The monoisotopic (exact) mass is 406 g/mol. The molecule has 2 aliphatic rings. The van der Waals surface area contributed by atoms with Gasteiger partial charge in [0, 0.05) is 31.7 Å². The van der Waals surface area contributed by atoms with Gasteiger partial charge in [0.15, 0.2) is 5.76 Å². The summed E-state index contributed by atoms with van der Waals surface area (Å²) in [6.45, 7) is 2.07. The van der Waals surface area contributed by atoms with Crippen molar-refractivity contribution in [3.63, 3.8) is 0 Å². The van der Waals surface area contributed by atoms with Crippen LogP contribution in [0.5, 0.6) is 0 Å². The maximum atomic E-state index is 12.9. The number of piperidine rings is 1. The average molecular weight is 406 g/mol. The molecule has 7 nitrogen and oxygen atoms in total. The Balaban J connectivity index is 1.29. The number of fused-ring (bicyclic) bond motifs is 3. The van der Waals surface area contributed by atoms with E-state index in [0.29, 0.717) is 18.8 Å². The van der Waals surface area contributed by atoms with Crippen LogP contribution in [0.25, 0.3) is 11.0 Å². The van der Waals surface area contributed by atoms with E-state index in [-0.39, 0.29) is 17.7 Å². The topological polar surface area (TPSA) is 80.4 Å². The Morgan fingerprint density at radius 3 is 2.90 bits per heavy atom. The Labute approximate surface area is 175 Å². The number of amides is 2. The third kappa shape index (κ3) is 3.60. The number of carbonyl (C=O) groups excluding carboxylic acids is 2. The highest BCUT2D eigenvalue weighted by atomic mass is 16.3. The zero-order valence-corrected chi connectivity index (χ0v) is 17.0. The van der Waals surface area contributed by atoms with Gasteiger partial charge in [-0.25, -0.2) is 4.98 Å². The number of benzene rings is 1. The normalized spacial score (nSPS) is 19.3. The van der Waals surface area contributed by atoms with Crippen molar-refractivity contribution in [3.05, 3.63) is 48.2 Å². The van der Waals surface area contributed by atoms with E-state index in [9.17, 15) is 9.59 Å². The molecule has 0 saturated carbocycles. The van der Waals surface area contributed by atoms with Crippen LogP contribution in [0.2, 0.25) is 0 Å². The summed E-state index contributed by atoms with van der Waals surface area (Å²) in [5.41, 5.74) is 2.83. The van der Waals surface area contributed by atoms with Crippen molar-refractivity contribution in [2.24, 2.45) is 5.92 Å². The van der Waals surface area contributed by atoms with Crippen molar-refractivity contribution in [1.29, 1.82) is 0 Å². The number of rotatable bonds is 3. The summed E-state index contributed by atoms with van der Waals surface area (Å²) in [5.74, 6) is 1.03. The number of anilines is 1. The van der Waals surface area contributed by atoms with Crippen LogP contribution in [0, 0.1) is 5.92 Å². The molecule has 1 aromatic carbocycles. The lowest BCUT2D eigenvalue weighted by Gasteiger charge is -2.31. The fourth-order valence-corrected chi connectivity index (χ4v) is 4.60. The number of hydrogen-bond donors (Lipinski definition) is 1. The predicted octanol–water partition coefficient (Wildman–Crippen LogP) is 3.85. The molecule has 1 atom stereocenters. The van der Waals surface area contributed by atoms with Gasteiger partial charge in [0.1, 0.15) is 5.82 Å². The molecular formula is C23H26N4O3. The Kier molecular flexibility index (Phi) is 5.02. The first-order valence-electron chi connectivity index (χ1n) is 10.8. The van der Waals surface area contributed by atoms with Crippen LogP contribution < -0.4 is 5.32 Å². The molecular weight excluding hydrogens is 380 g/mol. The highest BCUT2D eigenvalue weighted by molar-refractivity contribution is 5.96. The molecule has 30 heavy (non-hydrogen) atoms. The third-order valence-electron chi connectivity index (χ3n) is 6.19. The zero-order chi connectivity index (χ0) is 20.5. The van der Waals surface area contributed by atoms with Crippen molar-refractivity contribution in [2.45, 2.75) is 45.1 Å². The summed E-state index contributed by atoms with van der Waals surface area (Å²) >= 11 is 0. The van der Waals surface area contributed by atoms with Crippen molar-refractivity contribution in [3.8, 4) is 0 Å². The van der Waals surface area contributed by atoms with Crippen LogP contribution in [0.1, 0.15) is 48.5 Å². The molecule has 0 bridgehead atoms. The summed E-state index contributed by atoms with van der Waals surface area (Å²) in [5, 5.41) is 3.04. The van der Waals surface area contributed by atoms with E-state index < -0.39 is 0 Å². The van der Waals surface area contributed by atoms with E-state index in [1.807, 2.05) is 12.1 Å². The summed E-state index contributed by atoms with van der Waals surface area (Å²) < 4.78 is 7.54. The van der Waals surface area contributed by atoms with Crippen molar-refractivity contribution >= 4 is 28.5 Å². The highest BCUT2D eigenvalue weighted by Crippen LogP contribution is 2.26. The van der Waals surface area contributed by atoms with Gasteiger partial charge in [0.25, 0.3) is 5.91 Å². The summed E-state index contributed by atoms with van der Waals surface area (Å²) in [7, 11) is 0. The Morgan fingerprint density at radius 2 is 2.03 bits per heavy atom. The molecule has 2 amide bonds. The first-order valence-corrected chi connectivity index (χ1v) is 10.8. The van der Waals surface area contributed by atoms with Crippen molar-refractivity contribution in [2.75, 3.05) is 18.4 Å². The fraction of sp³-hybridized carbons (Fsp3) is 0.435. The fourth-order valence-electron chi connectivity index (χ4n) is 4.60. The second-order valence-electron chi connectivity index (χ2n) is 8.25. The maximum Gasteiger partial charge on any atom is 0.289 e. The van der Waals surface area contributed by atoms with E-state index >= 15 is 0 Å². The number of likely N-dealkylation sites (tertiary alicyclic amines) is 1. The number of nitrogens with zero attached hydrogens (tertiary/aromatic N) is 3. The van der Waals surface area contributed by atoms with Gasteiger partial charge in [-0.3, -0.25) is 9.59 Å². The predicted molar refractivity (Wildman–Crippen MR) is 113 cm³/mol. The molecule has 0 aliphatic carbocycles. The van der Waals surface area contributed by atoms with E-state index in [1.165, 1.54) is 25.5 Å². The standard InChI is InChI=1S/C23H26N4O3/c28-22(16-6-4-11-26(15-16)23(29)20-7-5-13-30-20)24-17-9-10-19-18(14-17)25-21-8-2-1-3-12-27(19)21/h5,7,9-10,13-14,16H,1-4,6,8,11-12,15H2,(H,24,28)/t16-/m0/s1. The van der Waals surface area contributed by atoms with Gasteiger partial charge >= 0.3 is 0 Å². The van der Waals surface area contributed by atoms with Crippen molar-refractivity contribution < 1.29 is 14.0 Å². The Bertz CT molecular complexity index is 1070. The molecule has 4 heterocycles. The Morgan fingerprint density at radius 1 is 1.10 bits per heavy atom. The second-order valence-corrected chi connectivity index (χ2v) is 8.25. The van der Waals surface area contributed by atoms with Crippen LogP contribution in [0.4, 0.5) is 5.69 Å². The van der Waals surface area contributed by atoms with Crippen molar-refractivity contribution in [1.82, 2.24) is 14.5 Å². The number of carbonyl (C=O) groups is 2. The minimum Gasteiger partial charge on any atom is -0.459 e. The van der Waals surface area contributed by atoms with Gasteiger partial charge in [-0.15, -0.1) is 0 Å². The molecule has 1 saturated heterocycles. The van der Waals surface area contributed by atoms with Gasteiger partial charge in [0.05, 0.1) is 23.2 Å². The molecule has 156 valence electrons. The summed E-state index contributed by atoms with van der Waals surface area (Å²) in [6, 6.07) is 9.33. The number of hydrogen-bond acceptors (Lipinski definition) is 4. The van der Waals surface area contributed by atoms with Gasteiger partial charge in [-0.1, -0.05) is 6.42 Å². The van der Waals surface area contributed by atoms with Crippen LogP contribution in [0.3, 0.4) is 0 Å². The van der Waals surface area contributed by atoms with Gasteiger partial charge in [-0.2, -0.15) is 0 Å². The Hall–Kier alpha value is -3.09. The lowest BCUT2D eigenvalue weighted by Crippen LogP contribution is -2.43. The second kappa shape index (κ2) is 7.97. The smallest absolute Gasteiger partial charge is 0.289 e. The molecule has 2 aliphatic heterocycles. The lowest BCUT2D eigenvalue weighted by atomic mass is 9.96. The van der Waals surface area contributed by atoms with Crippen LogP contribution in [-0.4, -0.2) is 39.4 Å². The number of imidazole rings is 1. The molecule has 1 fully saturated rings. The molecule has 1 N–H and O–H groups in total. The molecule has 7 heteroatoms. The van der Waals surface area contributed by atoms with Gasteiger partial charge in [0.2, 0.25) is 5.91 Å². The average Bonchev–Trinajstić information content (AvgIpc) is 3.36. The minimum absolute atomic E-state index is 0.0490. The van der Waals surface area contributed by atoms with Crippen LogP contribution in [0.15, 0.2) is 41.0 Å². The van der Waals surface area contributed by atoms with Crippen LogP contribution in [-0.2, 0) is 17.8 Å². The van der Waals surface area contributed by atoms with E-state index in [0.717, 1.165) is 48.4 Å². The van der Waals surface area contributed by atoms with E-state index in [1.54, 1.807) is 17.0 Å². The molecule has 3 aromatic rings. The zero-order valence-electron chi connectivity index (χ0n) is 17.0. The lowest BCUT2D eigenvalue weighted by molar-refractivity contribution is -0.121. The van der Waals surface area contributed by atoms with Gasteiger partial charge < -0.3 is 19.2 Å². The van der Waals surface area contributed by atoms with Gasteiger partial charge in [-0.05, 0) is 56.0 Å². The molecule has 0 radical (unpaired) electrons. The third-order valence-corrected chi connectivity index (χ3v) is 6.19. The first-order chi connectivity index (χ1) is 14.7. The number of aryl methyl sites for hydroxylation is 2. The SMILES string of the molecule is O=C(Nc1ccc2c(c1)nc1n2CCCCC1)[C@H]1CCCN(C(=O)c2ccco2)C1. The van der Waals surface area contributed by atoms with E-state index in [2.05, 4.69) is 16.0 Å².